The summed E-state index contributed by atoms with van der Waals surface area (Å²) in [5.41, 5.74) is 20.5. The Bertz CT molecular complexity index is 1540. The van der Waals surface area contributed by atoms with E-state index in [1.807, 2.05) is 12.1 Å². The number of rotatable bonds is 8. The molecule has 0 aliphatic heterocycles. The van der Waals surface area contributed by atoms with Gasteiger partial charge in [0.25, 0.3) is 10.0 Å². The third-order valence-corrected chi connectivity index (χ3v) is 6.78. The fourth-order valence-electron chi connectivity index (χ4n) is 3.63. The van der Waals surface area contributed by atoms with Crippen molar-refractivity contribution in [1.29, 1.82) is 0 Å². The van der Waals surface area contributed by atoms with Crippen LogP contribution < -0.4 is 36.1 Å². The topological polar surface area (TPSA) is 203 Å². The fourth-order valence-corrected chi connectivity index (χ4v) is 4.57. The second kappa shape index (κ2) is 12.8. The second-order valence-electron chi connectivity index (χ2n) is 8.50. The van der Waals surface area contributed by atoms with E-state index in [2.05, 4.69) is 24.7 Å². The number of ether oxygens (including phenoxy) is 3. The Hall–Kier alpha value is -4.85. The lowest BCUT2D eigenvalue weighted by Gasteiger charge is -2.14. The van der Waals surface area contributed by atoms with Crippen LogP contribution in [0.2, 0.25) is 0 Å². The van der Waals surface area contributed by atoms with Gasteiger partial charge in [-0.05, 0) is 61.9 Å². The molecule has 0 saturated heterocycles. The highest BCUT2D eigenvalue weighted by molar-refractivity contribution is 7.92. The monoisotopic (exact) mass is 568 g/mol. The molecule has 0 fully saturated rings. The van der Waals surface area contributed by atoms with E-state index in [0.29, 0.717) is 46.6 Å². The number of benzene rings is 2. The molecule has 14 heteroatoms. The average molecular weight is 569 g/mol. The van der Waals surface area contributed by atoms with Gasteiger partial charge in [0.1, 0.15) is 5.82 Å². The first kappa shape index (κ1) is 29.7. The maximum Gasteiger partial charge on any atom is 0.264 e. The van der Waals surface area contributed by atoms with Crippen LogP contribution in [0.3, 0.4) is 0 Å². The van der Waals surface area contributed by atoms with Crippen molar-refractivity contribution in [3.8, 4) is 17.2 Å². The van der Waals surface area contributed by atoms with Gasteiger partial charge in [0.15, 0.2) is 11.5 Å². The van der Waals surface area contributed by atoms with Gasteiger partial charge in [-0.15, -0.1) is 0 Å². The largest absolute Gasteiger partial charge is 0.493 e. The number of nitrogens with one attached hydrogen (secondary N) is 1. The summed E-state index contributed by atoms with van der Waals surface area (Å²) in [5.74, 6) is 2.29. The number of sulfonamides is 1. The third-order valence-electron chi connectivity index (χ3n) is 5.43. The Morgan fingerprint density at radius 3 is 1.90 bits per heavy atom. The minimum atomic E-state index is -3.69. The van der Waals surface area contributed by atoms with Crippen LogP contribution >= 0.6 is 0 Å². The zero-order valence-electron chi connectivity index (χ0n) is 22.8. The number of anilines is 4. The molecule has 212 valence electrons. The Morgan fingerprint density at radius 2 is 1.40 bits per heavy atom. The van der Waals surface area contributed by atoms with Crippen LogP contribution in [0, 0.1) is 13.8 Å². The van der Waals surface area contributed by atoms with E-state index in [-0.39, 0.29) is 16.8 Å². The Kier molecular flexibility index (Phi) is 9.50. The summed E-state index contributed by atoms with van der Waals surface area (Å²) >= 11 is 0. The van der Waals surface area contributed by atoms with Crippen molar-refractivity contribution in [3.63, 3.8) is 0 Å². The summed E-state index contributed by atoms with van der Waals surface area (Å²) in [6.07, 6.45) is 2.14. The molecule has 0 spiro atoms. The molecule has 7 N–H and O–H groups in total. The number of hydrogen-bond acceptors (Lipinski definition) is 12. The summed E-state index contributed by atoms with van der Waals surface area (Å²) in [6.45, 7) is 3.55. The minimum Gasteiger partial charge on any atom is -0.493 e. The molecule has 13 nitrogen and oxygen atoms in total. The van der Waals surface area contributed by atoms with Crippen molar-refractivity contribution in [3.05, 3.63) is 71.2 Å². The number of methoxy groups -OCH3 is 3. The van der Waals surface area contributed by atoms with Gasteiger partial charge in [-0.3, -0.25) is 0 Å². The lowest BCUT2D eigenvalue weighted by Crippen LogP contribution is -2.15. The van der Waals surface area contributed by atoms with Crippen LogP contribution in [-0.2, 0) is 16.4 Å². The fraction of sp³-hybridized carbons (Fsp3) is 0.231. The summed E-state index contributed by atoms with van der Waals surface area (Å²) in [6, 6.07) is 11.4. The first-order valence-corrected chi connectivity index (χ1v) is 13.3. The van der Waals surface area contributed by atoms with Crippen LogP contribution in [0.15, 0.2) is 53.6 Å². The third kappa shape index (κ3) is 7.60. The van der Waals surface area contributed by atoms with Gasteiger partial charge in [0.05, 0.1) is 26.2 Å². The van der Waals surface area contributed by atoms with Crippen LogP contribution in [0.25, 0.3) is 0 Å². The zero-order chi connectivity index (χ0) is 29.4. The summed E-state index contributed by atoms with van der Waals surface area (Å²) in [5, 5.41) is 0. The first-order chi connectivity index (χ1) is 18.9. The number of hydrogen-bond donors (Lipinski definition) is 4. The maximum atomic E-state index is 12.1. The predicted molar refractivity (Wildman–Crippen MR) is 153 cm³/mol. The highest BCUT2D eigenvalue weighted by Crippen LogP contribution is 2.38. The standard InChI is InChI=1S/C14H18N4O3.C12H14N4O2S/c1-19-10-5-8(6-11(20-2)12(10)21-3)4-9-7-17-14(16)18-13(9)15;1-8-7-9(2)15-12(14-8)16-19(17,18)11-5-3-10(13)4-6-11/h5-7H,4H2,1-3H3,(H4,15,16,17,18);3-7H,13H2,1-2H3,(H,14,15,16). The van der Waals surface area contributed by atoms with Gasteiger partial charge >= 0.3 is 0 Å². The summed E-state index contributed by atoms with van der Waals surface area (Å²) < 4.78 is 42.5. The van der Waals surface area contributed by atoms with Crippen LogP contribution in [0.1, 0.15) is 22.5 Å². The lowest BCUT2D eigenvalue weighted by molar-refractivity contribution is 0.324. The van der Waals surface area contributed by atoms with Gasteiger partial charge in [-0.1, -0.05) is 0 Å². The molecule has 2 aromatic carbocycles. The molecular formula is C26H32N8O5S. The molecule has 0 aliphatic carbocycles. The molecule has 2 aromatic heterocycles. The van der Waals surface area contributed by atoms with E-state index in [1.54, 1.807) is 47.4 Å². The number of aromatic nitrogens is 4. The highest BCUT2D eigenvalue weighted by Gasteiger charge is 2.16. The van der Waals surface area contributed by atoms with Crippen molar-refractivity contribution in [2.75, 3.05) is 43.3 Å². The Labute approximate surface area is 232 Å². The molecule has 2 heterocycles. The molecule has 0 aliphatic rings. The number of nitrogens with two attached hydrogens (primary N) is 3. The molecular weight excluding hydrogens is 536 g/mol. The molecule has 4 aromatic rings. The van der Waals surface area contributed by atoms with E-state index >= 15 is 0 Å². The van der Waals surface area contributed by atoms with E-state index in [9.17, 15) is 8.42 Å². The zero-order valence-corrected chi connectivity index (χ0v) is 23.6. The number of aryl methyl sites for hydroxylation is 2. The highest BCUT2D eigenvalue weighted by atomic mass is 32.2. The van der Waals surface area contributed by atoms with Crippen molar-refractivity contribution < 1.29 is 22.6 Å². The lowest BCUT2D eigenvalue weighted by atomic mass is 10.1. The van der Waals surface area contributed by atoms with E-state index in [4.69, 9.17) is 31.4 Å². The molecule has 0 bridgehead atoms. The Balaban J connectivity index is 0.000000222. The molecule has 40 heavy (non-hydrogen) atoms. The minimum absolute atomic E-state index is 0.0642. The van der Waals surface area contributed by atoms with E-state index in [1.165, 1.54) is 24.3 Å². The second-order valence-corrected chi connectivity index (χ2v) is 10.2. The summed E-state index contributed by atoms with van der Waals surface area (Å²) in [4.78, 5) is 16.1. The van der Waals surface area contributed by atoms with Gasteiger partial charge in [0.2, 0.25) is 17.6 Å². The average Bonchev–Trinajstić information content (AvgIpc) is 2.89. The summed E-state index contributed by atoms with van der Waals surface area (Å²) in [7, 11) is 1.01. The quantitative estimate of drug-likeness (QED) is 0.227. The van der Waals surface area contributed by atoms with Crippen LogP contribution in [0.4, 0.5) is 23.4 Å². The van der Waals surface area contributed by atoms with Crippen LogP contribution in [0.5, 0.6) is 17.2 Å². The van der Waals surface area contributed by atoms with Crippen LogP contribution in [-0.4, -0.2) is 49.7 Å². The van der Waals surface area contributed by atoms with Crippen molar-refractivity contribution in [1.82, 2.24) is 19.9 Å². The molecule has 0 unspecified atom stereocenters. The van der Waals surface area contributed by atoms with Gasteiger partial charge < -0.3 is 31.4 Å². The van der Waals surface area contributed by atoms with E-state index < -0.39 is 10.0 Å². The number of nitrogen functional groups attached to an aromatic ring is 3. The first-order valence-electron chi connectivity index (χ1n) is 11.8. The Morgan fingerprint density at radius 1 is 0.825 bits per heavy atom. The van der Waals surface area contributed by atoms with Crippen molar-refractivity contribution in [2.24, 2.45) is 0 Å². The smallest absolute Gasteiger partial charge is 0.264 e. The van der Waals surface area contributed by atoms with Crippen molar-refractivity contribution in [2.45, 2.75) is 25.2 Å². The maximum absolute atomic E-state index is 12.1. The predicted octanol–water partition coefficient (Wildman–Crippen LogP) is 2.73. The molecule has 4 rings (SSSR count). The number of nitrogens with zero attached hydrogens (tertiary/aromatic N) is 4. The van der Waals surface area contributed by atoms with Gasteiger partial charge in [-0.2, -0.15) is 4.98 Å². The molecule has 0 saturated carbocycles. The molecule has 0 amide bonds. The molecule has 0 atom stereocenters. The van der Waals surface area contributed by atoms with Gasteiger partial charge in [-0.25, -0.2) is 28.1 Å². The normalized spacial score (nSPS) is 10.7. The van der Waals surface area contributed by atoms with E-state index in [0.717, 1.165) is 11.1 Å². The molecule has 0 radical (unpaired) electrons. The van der Waals surface area contributed by atoms with Crippen molar-refractivity contribution >= 4 is 33.4 Å². The van der Waals surface area contributed by atoms with Gasteiger partial charge in [0, 0.05) is 35.3 Å². The SMILES string of the molecule is COc1cc(Cc2cnc(N)nc2N)cc(OC)c1OC.Cc1cc(C)nc(NS(=O)(=O)c2ccc(N)cc2)n1.